The lowest BCUT2D eigenvalue weighted by atomic mass is 10.3. The van der Waals surface area contributed by atoms with Gasteiger partial charge in [0.1, 0.15) is 11.3 Å². The third-order valence-electron chi connectivity index (χ3n) is 4.17. The first-order chi connectivity index (χ1) is 14.0. The molecule has 3 aromatic heterocycles. The maximum Gasteiger partial charge on any atom is 0.278 e. The van der Waals surface area contributed by atoms with Gasteiger partial charge in [-0.25, -0.2) is 4.98 Å². The summed E-state index contributed by atoms with van der Waals surface area (Å²) in [7, 11) is 0. The summed E-state index contributed by atoms with van der Waals surface area (Å²) in [4.78, 5) is 33.0. The van der Waals surface area contributed by atoms with E-state index in [1.165, 1.54) is 16.3 Å². The number of aromatic amines is 1. The monoisotopic (exact) mass is 428 g/mol. The smallest absolute Gasteiger partial charge is 0.278 e. The number of halogens is 1. The fourth-order valence-corrected chi connectivity index (χ4v) is 3.90. The second-order valence-corrected chi connectivity index (χ2v) is 7.80. The molecule has 4 rings (SSSR count). The van der Waals surface area contributed by atoms with Gasteiger partial charge in [-0.1, -0.05) is 29.4 Å². The van der Waals surface area contributed by atoms with E-state index in [0.717, 1.165) is 5.69 Å². The van der Waals surface area contributed by atoms with Gasteiger partial charge in [-0.05, 0) is 43.3 Å². The summed E-state index contributed by atoms with van der Waals surface area (Å²) in [6.45, 7) is 2.09. The van der Waals surface area contributed by atoms with Crippen LogP contribution in [0.25, 0.3) is 11.0 Å². The van der Waals surface area contributed by atoms with E-state index in [4.69, 9.17) is 16.0 Å². The Kier molecular flexibility index (Phi) is 5.46. The van der Waals surface area contributed by atoms with Crippen molar-refractivity contribution in [2.75, 3.05) is 11.1 Å². The molecule has 0 fully saturated rings. The number of aryl methyl sites for hydroxylation is 1. The molecule has 7 nitrogen and oxygen atoms in total. The molecule has 0 saturated carbocycles. The van der Waals surface area contributed by atoms with E-state index in [1.54, 1.807) is 42.7 Å². The number of anilines is 1. The molecule has 0 radical (unpaired) electrons. The summed E-state index contributed by atoms with van der Waals surface area (Å²) in [5, 5.41) is 3.77. The highest BCUT2D eigenvalue weighted by Crippen LogP contribution is 2.21. The van der Waals surface area contributed by atoms with Crippen LogP contribution in [-0.2, 0) is 11.3 Å². The second kappa shape index (κ2) is 8.18. The average molecular weight is 429 g/mol. The molecule has 4 aromatic rings. The van der Waals surface area contributed by atoms with Crippen molar-refractivity contribution in [1.82, 2.24) is 14.5 Å². The number of hydrogen-bond donors (Lipinski definition) is 2. The summed E-state index contributed by atoms with van der Waals surface area (Å²) in [6, 6.07) is 12.3. The number of fused-ring (bicyclic) bond motifs is 1. The molecule has 0 aliphatic carbocycles. The van der Waals surface area contributed by atoms with E-state index in [-0.39, 0.29) is 23.8 Å². The first-order valence-electron chi connectivity index (χ1n) is 8.80. The summed E-state index contributed by atoms with van der Waals surface area (Å²) >= 11 is 7.14. The lowest BCUT2D eigenvalue weighted by molar-refractivity contribution is -0.113. The molecular formula is C20H17ClN4O3S. The summed E-state index contributed by atoms with van der Waals surface area (Å²) in [5.41, 5.74) is 2.25. The second-order valence-electron chi connectivity index (χ2n) is 6.42. The zero-order chi connectivity index (χ0) is 20.4. The number of aromatic nitrogens is 3. The first-order valence-corrected chi connectivity index (χ1v) is 10.2. The number of hydrogen-bond acceptors (Lipinski definition) is 5. The molecule has 0 atom stereocenters. The van der Waals surface area contributed by atoms with Crippen LogP contribution in [0.5, 0.6) is 0 Å². The number of furan rings is 1. The highest BCUT2D eigenvalue weighted by molar-refractivity contribution is 7.99. The van der Waals surface area contributed by atoms with E-state index in [1.807, 2.05) is 13.0 Å². The normalized spacial score (nSPS) is 11.1. The van der Waals surface area contributed by atoms with Gasteiger partial charge in [-0.15, -0.1) is 0 Å². The van der Waals surface area contributed by atoms with Crippen molar-refractivity contribution in [2.24, 2.45) is 0 Å². The van der Waals surface area contributed by atoms with Gasteiger partial charge in [-0.2, -0.15) is 0 Å². The Morgan fingerprint density at radius 1 is 1.31 bits per heavy atom. The number of benzene rings is 1. The van der Waals surface area contributed by atoms with Gasteiger partial charge in [0.15, 0.2) is 5.16 Å². The van der Waals surface area contributed by atoms with Crippen molar-refractivity contribution >= 4 is 46.0 Å². The Bertz CT molecular complexity index is 1230. The number of thioether (sulfide) groups is 1. The van der Waals surface area contributed by atoms with Crippen molar-refractivity contribution in [1.29, 1.82) is 0 Å². The maximum absolute atomic E-state index is 13.0. The number of carbonyl (C=O) groups is 1. The van der Waals surface area contributed by atoms with Crippen LogP contribution in [0.4, 0.5) is 5.69 Å². The Hall–Kier alpha value is -2.97. The molecule has 148 valence electrons. The van der Waals surface area contributed by atoms with E-state index in [0.29, 0.717) is 32.7 Å². The van der Waals surface area contributed by atoms with Gasteiger partial charge in [0.25, 0.3) is 5.56 Å². The SMILES string of the molecule is Cc1cc2nc(SCC(=O)Nc3cccc(Cl)c3)n(Cc3ccco3)c(=O)c2[nH]1. The minimum absolute atomic E-state index is 0.0893. The zero-order valence-electron chi connectivity index (χ0n) is 15.4. The van der Waals surface area contributed by atoms with Gasteiger partial charge in [0, 0.05) is 16.4 Å². The molecule has 0 saturated heterocycles. The highest BCUT2D eigenvalue weighted by Gasteiger charge is 2.16. The number of carbonyl (C=O) groups excluding carboxylic acids is 1. The van der Waals surface area contributed by atoms with Gasteiger partial charge in [0.2, 0.25) is 5.91 Å². The molecule has 1 amide bonds. The van der Waals surface area contributed by atoms with E-state index >= 15 is 0 Å². The average Bonchev–Trinajstić information content (AvgIpc) is 3.32. The van der Waals surface area contributed by atoms with Crippen molar-refractivity contribution in [3.05, 3.63) is 75.6 Å². The summed E-state index contributed by atoms with van der Waals surface area (Å²) < 4.78 is 6.89. The maximum atomic E-state index is 13.0. The van der Waals surface area contributed by atoms with Crippen LogP contribution in [0, 0.1) is 6.92 Å². The molecule has 2 N–H and O–H groups in total. The minimum atomic E-state index is -0.221. The number of amides is 1. The molecule has 0 unspecified atom stereocenters. The number of rotatable bonds is 6. The highest BCUT2D eigenvalue weighted by atomic mass is 35.5. The van der Waals surface area contributed by atoms with E-state index < -0.39 is 0 Å². The molecule has 0 aliphatic rings. The Morgan fingerprint density at radius 3 is 2.93 bits per heavy atom. The number of nitrogens with one attached hydrogen (secondary N) is 2. The largest absolute Gasteiger partial charge is 0.467 e. The van der Waals surface area contributed by atoms with Crippen LogP contribution in [0.3, 0.4) is 0 Å². The first kappa shape index (κ1) is 19.4. The molecular weight excluding hydrogens is 412 g/mol. The molecule has 0 aliphatic heterocycles. The van der Waals surface area contributed by atoms with Crippen molar-refractivity contribution in [3.63, 3.8) is 0 Å². The fraction of sp³-hybridized carbons (Fsp3) is 0.150. The lowest BCUT2D eigenvalue weighted by Crippen LogP contribution is -2.24. The molecule has 1 aromatic carbocycles. The molecule has 0 bridgehead atoms. The van der Waals surface area contributed by atoms with Crippen LogP contribution in [-0.4, -0.2) is 26.2 Å². The standard InChI is InChI=1S/C20H17ClN4O3S/c1-12-8-16-18(22-12)19(27)25(10-15-6-3-7-28-15)20(24-16)29-11-17(26)23-14-5-2-4-13(21)9-14/h2-9,22H,10-11H2,1H3,(H,23,26). The predicted octanol–water partition coefficient (Wildman–Crippen LogP) is 4.06. The van der Waals surface area contributed by atoms with E-state index in [9.17, 15) is 9.59 Å². The van der Waals surface area contributed by atoms with Crippen LogP contribution >= 0.6 is 23.4 Å². The molecule has 0 spiro atoms. The minimum Gasteiger partial charge on any atom is -0.467 e. The van der Waals surface area contributed by atoms with E-state index in [2.05, 4.69) is 15.3 Å². The van der Waals surface area contributed by atoms with Gasteiger partial charge in [-0.3, -0.25) is 14.2 Å². The van der Waals surface area contributed by atoms with Crippen LogP contribution in [0.1, 0.15) is 11.5 Å². The topological polar surface area (TPSA) is 92.9 Å². The summed E-state index contributed by atoms with van der Waals surface area (Å²) in [6.07, 6.45) is 1.55. The lowest BCUT2D eigenvalue weighted by Gasteiger charge is -2.11. The van der Waals surface area contributed by atoms with Crippen molar-refractivity contribution < 1.29 is 9.21 Å². The number of nitrogens with zero attached hydrogens (tertiary/aromatic N) is 2. The van der Waals surface area contributed by atoms with Gasteiger partial charge < -0.3 is 14.7 Å². The zero-order valence-corrected chi connectivity index (χ0v) is 17.0. The quantitative estimate of drug-likeness (QED) is 0.357. The molecule has 9 heteroatoms. The molecule has 3 heterocycles. The van der Waals surface area contributed by atoms with Gasteiger partial charge >= 0.3 is 0 Å². The van der Waals surface area contributed by atoms with Crippen LogP contribution in [0.2, 0.25) is 5.02 Å². The van der Waals surface area contributed by atoms with Gasteiger partial charge in [0.05, 0.1) is 24.1 Å². The third-order valence-corrected chi connectivity index (χ3v) is 5.38. The third kappa shape index (κ3) is 4.38. The Balaban J connectivity index is 1.59. The van der Waals surface area contributed by atoms with Crippen LogP contribution in [0.15, 0.2) is 63.1 Å². The van der Waals surface area contributed by atoms with Crippen molar-refractivity contribution in [2.45, 2.75) is 18.6 Å². The fourth-order valence-electron chi connectivity index (χ4n) is 2.91. The van der Waals surface area contributed by atoms with Crippen molar-refractivity contribution in [3.8, 4) is 0 Å². The Labute approximate surface area is 175 Å². The Morgan fingerprint density at radius 2 is 2.17 bits per heavy atom. The predicted molar refractivity (Wildman–Crippen MR) is 114 cm³/mol. The summed E-state index contributed by atoms with van der Waals surface area (Å²) in [5.74, 6) is 0.495. The van der Waals surface area contributed by atoms with Crippen LogP contribution < -0.4 is 10.9 Å². The number of H-pyrrole nitrogens is 1. The molecule has 29 heavy (non-hydrogen) atoms.